The third kappa shape index (κ3) is 6.33. The number of methoxy groups -OCH3 is 1. The van der Waals surface area contributed by atoms with Crippen LogP contribution in [0.3, 0.4) is 0 Å². The molecule has 1 fully saturated rings. The lowest BCUT2D eigenvalue weighted by Crippen LogP contribution is -2.58. The van der Waals surface area contributed by atoms with Crippen molar-refractivity contribution in [1.82, 2.24) is 14.9 Å². The Labute approximate surface area is 232 Å². The lowest BCUT2D eigenvalue weighted by molar-refractivity contribution is -0.119. The number of para-hydroxylation sites is 1. The van der Waals surface area contributed by atoms with E-state index in [2.05, 4.69) is 62.6 Å². The number of nitrogens with two attached hydrogens (primary N) is 1. The zero-order valence-corrected chi connectivity index (χ0v) is 24.2. The van der Waals surface area contributed by atoms with Crippen LogP contribution < -0.4 is 20.1 Å². The molecule has 0 aliphatic carbocycles. The number of aryl methyl sites for hydroxylation is 2. The van der Waals surface area contributed by atoms with Crippen molar-refractivity contribution in [3.05, 3.63) is 64.8 Å². The largest absolute Gasteiger partial charge is 0.496 e. The smallest absolute Gasteiger partial charge is 0.231 e. The average Bonchev–Trinajstić information content (AvgIpc) is 2.90. The Morgan fingerprint density at radius 3 is 2.49 bits per heavy atom. The van der Waals surface area contributed by atoms with Crippen LogP contribution >= 0.6 is 0 Å². The van der Waals surface area contributed by atoms with Gasteiger partial charge in [-0.3, -0.25) is 9.69 Å². The Morgan fingerprint density at radius 1 is 1.05 bits per heavy atom. The molecule has 1 amide bonds. The third-order valence-electron chi connectivity index (χ3n) is 7.54. The number of rotatable bonds is 9. The zero-order chi connectivity index (χ0) is 28.3. The molecule has 208 valence electrons. The van der Waals surface area contributed by atoms with Gasteiger partial charge in [-0.15, -0.1) is 0 Å². The molecular weight excluding hydrogens is 490 g/mol. The summed E-state index contributed by atoms with van der Waals surface area (Å²) >= 11 is 0. The monoisotopic (exact) mass is 531 g/mol. The summed E-state index contributed by atoms with van der Waals surface area (Å²) in [5.74, 6) is 3.15. The third-order valence-corrected chi connectivity index (χ3v) is 7.54. The lowest BCUT2D eigenvalue weighted by Gasteiger charge is -2.45. The first-order valence-corrected chi connectivity index (χ1v) is 13.6. The van der Waals surface area contributed by atoms with Crippen molar-refractivity contribution in [3.8, 4) is 22.9 Å². The maximum Gasteiger partial charge on any atom is 0.231 e. The lowest BCUT2D eigenvalue weighted by atomic mass is 10.0. The summed E-state index contributed by atoms with van der Waals surface area (Å²) in [6.07, 6.45) is 0. The molecule has 4 rings (SSSR count). The fourth-order valence-electron chi connectivity index (χ4n) is 5.13. The number of primary amides is 1. The number of amides is 1. The minimum Gasteiger partial charge on any atom is -0.496 e. The molecule has 1 aromatic heterocycles. The fraction of sp³-hybridized carbons (Fsp3) is 0.452. The van der Waals surface area contributed by atoms with Crippen molar-refractivity contribution in [2.24, 2.45) is 5.73 Å². The van der Waals surface area contributed by atoms with Gasteiger partial charge in [0.25, 0.3) is 0 Å². The highest BCUT2D eigenvalue weighted by atomic mass is 16.5. The molecular formula is C31H41N5O3. The van der Waals surface area contributed by atoms with E-state index in [4.69, 9.17) is 25.2 Å². The van der Waals surface area contributed by atoms with Crippen LogP contribution in [0.25, 0.3) is 11.4 Å². The Balaban J connectivity index is 1.76. The summed E-state index contributed by atoms with van der Waals surface area (Å²) in [6.45, 7) is 14.7. The van der Waals surface area contributed by atoms with Crippen LogP contribution in [0, 0.1) is 13.8 Å². The second-order valence-electron chi connectivity index (χ2n) is 10.8. The Bertz CT molecular complexity index is 1330. The van der Waals surface area contributed by atoms with E-state index in [1.807, 2.05) is 31.2 Å². The quantitative estimate of drug-likeness (QED) is 0.422. The number of aromatic nitrogens is 2. The number of ether oxygens (including phenoxy) is 2. The molecule has 1 saturated heterocycles. The predicted molar refractivity (Wildman–Crippen MR) is 155 cm³/mol. The van der Waals surface area contributed by atoms with E-state index in [0.717, 1.165) is 39.7 Å². The number of carbonyl (C=O) groups excluding carboxylic acids is 1. The molecule has 39 heavy (non-hydrogen) atoms. The summed E-state index contributed by atoms with van der Waals surface area (Å²) in [7, 11) is 1.66. The average molecular weight is 532 g/mol. The van der Waals surface area contributed by atoms with E-state index in [0.29, 0.717) is 31.4 Å². The van der Waals surface area contributed by atoms with Crippen molar-refractivity contribution in [2.75, 3.05) is 31.6 Å². The molecule has 1 aliphatic rings. The van der Waals surface area contributed by atoms with Crippen LogP contribution in [0.15, 0.2) is 42.5 Å². The van der Waals surface area contributed by atoms with Gasteiger partial charge in [-0.2, -0.15) is 0 Å². The van der Waals surface area contributed by atoms with E-state index in [-0.39, 0.29) is 24.5 Å². The first-order chi connectivity index (χ1) is 18.6. The Hall–Kier alpha value is -3.65. The SMILES string of the molecule is COc1ccccc1-c1nc(C)c(COc2cc(C(C)C)ccc2C)c(N2C[C@H](C)N(CC(N)=O)C[C@H]2C)n1. The van der Waals surface area contributed by atoms with E-state index in [1.165, 1.54) is 5.56 Å². The summed E-state index contributed by atoms with van der Waals surface area (Å²) < 4.78 is 12.1. The highest BCUT2D eigenvalue weighted by molar-refractivity contribution is 5.76. The van der Waals surface area contributed by atoms with Crippen molar-refractivity contribution in [1.29, 1.82) is 0 Å². The molecule has 3 aromatic rings. The van der Waals surface area contributed by atoms with E-state index < -0.39 is 0 Å². The molecule has 0 spiro atoms. The first kappa shape index (κ1) is 28.4. The van der Waals surface area contributed by atoms with Crippen LogP contribution in [0.5, 0.6) is 11.5 Å². The number of nitrogens with zero attached hydrogens (tertiary/aromatic N) is 4. The number of carbonyl (C=O) groups is 1. The number of hydrogen-bond donors (Lipinski definition) is 1. The van der Waals surface area contributed by atoms with Crippen molar-refractivity contribution in [2.45, 2.75) is 66.2 Å². The summed E-state index contributed by atoms with van der Waals surface area (Å²) in [5.41, 5.74) is 10.5. The fourth-order valence-corrected chi connectivity index (χ4v) is 5.13. The molecule has 2 N–H and O–H groups in total. The number of benzene rings is 2. The van der Waals surface area contributed by atoms with E-state index in [9.17, 15) is 4.79 Å². The van der Waals surface area contributed by atoms with Gasteiger partial charge in [-0.05, 0) is 62.9 Å². The van der Waals surface area contributed by atoms with Crippen LogP contribution in [0.2, 0.25) is 0 Å². The summed E-state index contributed by atoms with van der Waals surface area (Å²) in [4.78, 5) is 26.2. The van der Waals surface area contributed by atoms with Gasteiger partial charge in [0.1, 0.15) is 23.9 Å². The molecule has 2 atom stereocenters. The van der Waals surface area contributed by atoms with Crippen LogP contribution in [-0.4, -0.2) is 59.6 Å². The molecule has 0 saturated carbocycles. The summed E-state index contributed by atoms with van der Waals surface area (Å²) in [6, 6.07) is 14.4. The van der Waals surface area contributed by atoms with Crippen molar-refractivity contribution >= 4 is 11.7 Å². The van der Waals surface area contributed by atoms with E-state index >= 15 is 0 Å². The van der Waals surface area contributed by atoms with Crippen LogP contribution in [0.4, 0.5) is 5.82 Å². The minimum atomic E-state index is -0.313. The molecule has 8 heteroatoms. The van der Waals surface area contributed by atoms with Gasteiger partial charge in [0.05, 0.1) is 30.5 Å². The summed E-state index contributed by atoms with van der Waals surface area (Å²) in [5, 5.41) is 0. The Kier molecular flexibility index (Phi) is 8.75. The number of hydrogen-bond acceptors (Lipinski definition) is 7. The minimum absolute atomic E-state index is 0.102. The van der Waals surface area contributed by atoms with Crippen LogP contribution in [-0.2, 0) is 11.4 Å². The molecule has 0 bridgehead atoms. The van der Waals surface area contributed by atoms with Crippen molar-refractivity contribution < 1.29 is 14.3 Å². The van der Waals surface area contributed by atoms with Crippen molar-refractivity contribution in [3.63, 3.8) is 0 Å². The molecule has 2 heterocycles. The van der Waals surface area contributed by atoms with Crippen LogP contribution in [0.1, 0.15) is 56.0 Å². The Morgan fingerprint density at radius 2 is 1.79 bits per heavy atom. The van der Waals surface area contributed by atoms with Gasteiger partial charge in [0.15, 0.2) is 5.82 Å². The predicted octanol–water partition coefficient (Wildman–Crippen LogP) is 4.86. The van der Waals surface area contributed by atoms with E-state index in [1.54, 1.807) is 7.11 Å². The highest BCUT2D eigenvalue weighted by Gasteiger charge is 2.33. The van der Waals surface area contributed by atoms with Gasteiger partial charge in [0.2, 0.25) is 5.91 Å². The maximum absolute atomic E-state index is 11.7. The molecule has 1 aliphatic heterocycles. The molecule has 0 unspecified atom stereocenters. The molecule has 0 radical (unpaired) electrons. The number of piperazine rings is 1. The van der Waals surface area contributed by atoms with Gasteiger partial charge in [-0.1, -0.05) is 38.1 Å². The molecule has 8 nitrogen and oxygen atoms in total. The standard InChI is InChI=1S/C31H41N5O3/c1-19(2)24-13-12-20(3)28(14-24)39-18-26-23(6)33-30(25-10-8-9-11-27(25)38-7)34-31(26)36-16-21(4)35(15-22(36)5)17-29(32)37/h8-14,19,21-22H,15-18H2,1-7H3,(H2,32,37)/t21-,22+/m0/s1. The highest BCUT2D eigenvalue weighted by Crippen LogP contribution is 2.34. The first-order valence-electron chi connectivity index (χ1n) is 13.6. The maximum atomic E-state index is 11.7. The van der Waals surface area contributed by atoms with Gasteiger partial charge < -0.3 is 20.1 Å². The second kappa shape index (κ2) is 12.0. The zero-order valence-electron chi connectivity index (χ0n) is 24.2. The topological polar surface area (TPSA) is 93.8 Å². The van der Waals surface area contributed by atoms with Gasteiger partial charge >= 0.3 is 0 Å². The molecule has 2 aromatic carbocycles. The van der Waals surface area contributed by atoms with Gasteiger partial charge in [-0.25, -0.2) is 9.97 Å². The second-order valence-corrected chi connectivity index (χ2v) is 10.8. The number of anilines is 1. The van der Waals surface area contributed by atoms with Gasteiger partial charge in [0, 0.05) is 25.2 Å². The normalized spacial score (nSPS) is 17.9.